The smallest absolute Gasteiger partial charge is 0.0615 e. The molecule has 0 aromatic rings. The Bertz CT molecular complexity index is 253. The van der Waals surface area contributed by atoms with E-state index in [1.807, 2.05) is 7.05 Å². The molecule has 3 nitrogen and oxygen atoms in total. The van der Waals surface area contributed by atoms with Gasteiger partial charge in [-0.15, -0.1) is 0 Å². The average Bonchev–Trinajstić information content (AvgIpc) is 2.81. The minimum absolute atomic E-state index is 0.0129. The number of likely N-dealkylation sites (tertiary alicyclic amines) is 1. The van der Waals surface area contributed by atoms with Crippen LogP contribution in [-0.2, 0) is 0 Å². The van der Waals surface area contributed by atoms with E-state index in [9.17, 15) is 5.11 Å². The van der Waals surface area contributed by atoms with Crippen molar-refractivity contribution >= 4 is 0 Å². The summed E-state index contributed by atoms with van der Waals surface area (Å²) in [7, 11) is 2.01. The van der Waals surface area contributed by atoms with Crippen molar-refractivity contribution in [1.82, 2.24) is 10.2 Å². The predicted octanol–water partition coefficient (Wildman–Crippen LogP) is 2.00. The summed E-state index contributed by atoms with van der Waals surface area (Å²) >= 11 is 0. The van der Waals surface area contributed by atoms with Gasteiger partial charge in [0.25, 0.3) is 0 Å². The molecule has 0 radical (unpaired) electrons. The molecule has 3 heteroatoms. The van der Waals surface area contributed by atoms with E-state index in [1.165, 1.54) is 51.6 Å². The summed E-state index contributed by atoms with van der Waals surface area (Å²) in [6.45, 7) is 5.16. The summed E-state index contributed by atoms with van der Waals surface area (Å²) in [4.78, 5) is 2.65. The van der Waals surface area contributed by atoms with Gasteiger partial charge in [-0.1, -0.05) is 12.8 Å². The molecule has 2 fully saturated rings. The number of rotatable bonds is 5. The van der Waals surface area contributed by atoms with Crippen molar-refractivity contribution in [3.8, 4) is 0 Å². The Labute approximate surface area is 112 Å². The summed E-state index contributed by atoms with van der Waals surface area (Å²) < 4.78 is 0. The van der Waals surface area contributed by atoms with Crippen molar-refractivity contribution in [1.29, 1.82) is 0 Å². The first-order valence-corrected chi connectivity index (χ1v) is 7.75. The number of hydrogen-bond acceptors (Lipinski definition) is 3. The Morgan fingerprint density at radius 1 is 1.28 bits per heavy atom. The first-order chi connectivity index (χ1) is 8.72. The Balaban J connectivity index is 1.85. The van der Waals surface area contributed by atoms with Gasteiger partial charge in [-0.25, -0.2) is 0 Å². The lowest BCUT2D eigenvalue weighted by Gasteiger charge is -2.37. The van der Waals surface area contributed by atoms with Crippen molar-refractivity contribution < 1.29 is 5.11 Å². The Kier molecular flexibility index (Phi) is 5.05. The first kappa shape index (κ1) is 14.3. The van der Waals surface area contributed by atoms with Crippen molar-refractivity contribution in [2.75, 3.05) is 26.7 Å². The highest BCUT2D eigenvalue weighted by Crippen LogP contribution is 2.37. The zero-order chi connectivity index (χ0) is 13.0. The van der Waals surface area contributed by atoms with Gasteiger partial charge in [0, 0.05) is 11.6 Å². The predicted molar refractivity (Wildman–Crippen MR) is 75.7 cm³/mol. The highest BCUT2D eigenvalue weighted by molar-refractivity contribution is 4.98. The van der Waals surface area contributed by atoms with Gasteiger partial charge < -0.3 is 15.3 Å². The Hall–Kier alpha value is -0.120. The van der Waals surface area contributed by atoms with Crippen LogP contribution in [0, 0.1) is 5.92 Å². The third kappa shape index (κ3) is 2.89. The van der Waals surface area contributed by atoms with Gasteiger partial charge in [-0.3, -0.25) is 0 Å². The van der Waals surface area contributed by atoms with Crippen molar-refractivity contribution in [3.05, 3.63) is 0 Å². The molecule has 0 amide bonds. The van der Waals surface area contributed by atoms with Gasteiger partial charge in [0.2, 0.25) is 0 Å². The number of nitrogens with one attached hydrogen (secondary N) is 1. The fourth-order valence-corrected chi connectivity index (χ4v) is 3.99. The van der Waals surface area contributed by atoms with E-state index in [0.717, 1.165) is 12.5 Å². The Morgan fingerprint density at radius 2 is 2.11 bits per heavy atom. The van der Waals surface area contributed by atoms with Crippen molar-refractivity contribution in [3.63, 3.8) is 0 Å². The lowest BCUT2D eigenvalue weighted by Crippen LogP contribution is -2.50. The molecule has 1 aliphatic heterocycles. The van der Waals surface area contributed by atoms with Gasteiger partial charge in [0.1, 0.15) is 0 Å². The number of hydrogen-bond donors (Lipinski definition) is 2. The van der Waals surface area contributed by atoms with E-state index in [1.54, 1.807) is 0 Å². The molecular formula is C15H30N2O. The lowest BCUT2D eigenvalue weighted by molar-refractivity contribution is 0.103. The van der Waals surface area contributed by atoms with Crippen LogP contribution < -0.4 is 5.32 Å². The average molecular weight is 254 g/mol. The molecule has 1 heterocycles. The van der Waals surface area contributed by atoms with Crippen LogP contribution in [0.5, 0.6) is 0 Å². The van der Waals surface area contributed by atoms with E-state index >= 15 is 0 Å². The third-order valence-corrected chi connectivity index (χ3v) is 5.44. The van der Waals surface area contributed by atoms with Gasteiger partial charge in [-0.05, 0) is 65.1 Å². The van der Waals surface area contributed by atoms with Gasteiger partial charge in [-0.2, -0.15) is 0 Å². The standard InChI is InChI=1S/C15H30N2O/c1-13-6-3-4-10-17(13)11-8-14-7-5-9-15(14,12-18)16-2/h13-14,16,18H,3-12H2,1-2H3. The van der Waals surface area contributed by atoms with Crippen LogP contribution in [0.4, 0.5) is 0 Å². The second kappa shape index (κ2) is 6.36. The monoisotopic (exact) mass is 254 g/mol. The van der Waals surface area contributed by atoms with Crippen LogP contribution in [0.2, 0.25) is 0 Å². The van der Waals surface area contributed by atoms with Gasteiger partial charge in [0.05, 0.1) is 6.61 Å². The molecule has 0 aromatic heterocycles. The van der Waals surface area contributed by atoms with E-state index in [-0.39, 0.29) is 5.54 Å². The largest absolute Gasteiger partial charge is 0.394 e. The van der Waals surface area contributed by atoms with E-state index < -0.39 is 0 Å². The molecule has 3 unspecified atom stereocenters. The zero-order valence-electron chi connectivity index (χ0n) is 12.1. The third-order valence-electron chi connectivity index (χ3n) is 5.44. The molecule has 2 rings (SSSR count). The molecule has 3 atom stereocenters. The van der Waals surface area contributed by atoms with Crippen LogP contribution >= 0.6 is 0 Å². The number of nitrogens with zero attached hydrogens (tertiary/aromatic N) is 1. The first-order valence-electron chi connectivity index (χ1n) is 7.75. The molecule has 1 saturated carbocycles. The minimum Gasteiger partial charge on any atom is -0.394 e. The van der Waals surface area contributed by atoms with Crippen LogP contribution in [-0.4, -0.2) is 48.3 Å². The van der Waals surface area contributed by atoms with Crippen LogP contribution in [0.3, 0.4) is 0 Å². The number of likely N-dealkylation sites (N-methyl/N-ethyl adjacent to an activating group) is 1. The normalized spacial score (nSPS) is 38.2. The molecule has 106 valence electrons. The van der Waals surface area contributed by atoms with E-state index in [4.69, 9.17) is 0 Å². The molecular weight excluding hydrogens is 224 g/mol. The molecule has 1 aliphatic carbocycles. The number of aliphatic hydroxyl groups excluding tert-OH is 1. The van der Waals surface area contributed by atoms with Gasteiger partial charge in [0.15, 0.2) is 0 Å². The van der Waals surface area contributed by atoms with E-state index in [0.29, 0.717) is 12.5 Å². The zero-order valence-corrected chi connectivity index (χ0v) is 12.1. The SMILES string of the molecule is CNC1(CO)CCCC1CCN1CCCCC1C. The maximum Gasteiger partial charge on any atom is 0.0615 e. The second-order valence-electron chi connectivity index (χ2n) is 6.32. The highest BCUT2D eigenvalue weighted by atomic mass is 16.3. The molecule has 2 aliphatic rings. The maximum atomic E-state index is 9.70. The molecule has 1 saturated heterocycles. The Morgan fingerprint density at radius 3 is 2.78 bits per heavy atom. The molecule has 2 N–H and O–H groups in total. The molecule has 0 bridgehead atoms. The van der Waals surface area contributed by atoms with Crippen LogP contribution in [0.25, 0.3) is 0 Å². The fourth-order valence-electron chi connectivity index (χ4n) is 3.99. The maximum absolute atomic E-state index is 9.70. The highest BCUT2D eigenvalue weighted by Gasteiger charge is 2.40. The summed E-state index contributed by atoms with van der Waals surface area (Å²) in [5.74, 6) is 0.654. The van der Waals surface area contributed by atoms with Gasteiger partial charge >= 0.3 is 0 Å². The quantitative estimate of drug-likeness (QED) is 0.788. The summed E-state index contributed by atoms with van der Waals surface area (Å²) in [6, 6.07) is 0.762. The number of piperidine rings is 1. The second-order valence-corrected chi connectivity index (χ2v) is 6.32. The molecule has 18 heavy (non-hydrogen) atoms. The minimum atomic E-state index is 0.0129. The topological polar surface area (TPSA) is 35.5 Å². The summed E-state index contributed by atoms with van der Waals surface area (Å²) in [5.41, 5.74) is 0.0129. The van der Waals surface area contributed by atoms with Crippen molar-refractivity contribution in [2.24, 2.45) is 5.92 Å². The van der Waals surface area contributed by atoms with Crippen molar-refractivity contribution in [2.45, 2.75) is 63.5 Å². The van der Waals surface area contributed by atoms with Crippen LogP contribution in [0.15, 0.2) is 0 Å². The summed E-state index contributed by atoms with van der Waals surface area (Å²) in [5, 5.41) is 13.1. The number of aliphatic hydroxyl groups is 1. The summed E-state index contributed by atoms with van der Waals surface area (Å²) in [6.07, 6.45) is 9.06. The molecule has 0 spiro atoms. The van der Waals surface area contributed by atoms with E-state index in [2.05, 4.69) is 17.1 Å². The lowest BCUT2D eigenvalue weighted by atomic mass is 9.85. The fraction of sp³-hybridized carbons (Fsp3) is 1.00. The van der Waals surface area contributed by atoms with Crippen LogP contribution in [0.1, 0.15) is 51.9 Å². The molecule has 0 aromatic carbocycles.